The molecule has 19 heavy (non-hydrogen) atoms. The molecule has 6 heteroatoms. The molecule has 1 fully saturated rings. The zero-order chi connectivity index (χ0) is 13.5. The maximum Gasteiger partial charge on any atom is 0.222 e. The molecule has 1 aliphatic heterocycles. The van der Waals surface area contributed by atoms with Gasteiger partial charge in [-0.1, -0.05) is 24.3 Å². The number of carbonyl (C=O) groups is 1. The molecule has 1 aromatic heterocycles. The highest BCUT2D eigenvalue weighted by Gasteiger charge is 2.18. The van der Waals surface area contributed by atoms with Gasteiger partial charge in [-0.3, -0.25) is 4.79 Å². The SMILES string of the molecule is CCCNc1snnc1CN1CCCCCCC1=O. The van der Waals surface area contributed by atoms with Crippen molar-refractivity contribution in [3.63, 3.8) is 0 Å². The van der Waals surface area contributed by atoms with Crippen LogP contribution in [0.1, 0.15) is 51.1 Å². The molecule has 1 saturated heterocycles. The molecule has 0 unspecified atom stereocenters. The largest absolute Gasteiger partial charge is 0.374 e. The van der Waals surface area contributed by atoms with Crippen LogP contribution in [0.2, 0.25) is 0 Å². The van der Waals surface area contributed by atoms with Crippen molar-refractivity contribution in [3.8, 4) is 0 Å². The number of nitrogens with one attached hydrogen (secondary N) is 1. The third kappa shape index (κ3) is 4.16. The first-order valence-corrected chi connectivity index (χ1v) is 7.91. The predicted octanol–water partition coefficient (Wildman–Crippen LogP) is 2.65. The van der Waals surface area contributed by atoms with E-state index in [-0.39, 0.29) is 5.91 Å². The first kappa shape index (κ1) is 14.2. The Morgan fingerprint density at radius 1 is 1.32 bits per heavy atom. The fourth-order valence-electron chi connectivity index (χ4n) is 2.25. The van der Waals surface area contributed by atoms with Crippen molar-refractivity contribution < 1.29 is 4.79 Å². The van der Waals surface area contributed by atoms with Crippen LogP contribution in [0.4, 0.5) is 5.00 Å². The van der Waals surface area contributed by atoms with Gasteiger partial charge in [-0.05, 0) is 19.3 Å². The van der Waals surface area contributed by atoms with E-state index in [9.17, 15) is 4.79 Å². The standard InChI is InChI=1S/C13H22N4OS/c1-2-8-14-13-11(15-16-19-13)10-17-9-6-4-3-5-7-12(17)18/h14H,2-10H2,1H3. The molecule has 0 atom stereocenters. The Morgan fingerprint density at radius 2 is 2.16 bits per heavy atom. The van der Waals surface area contributed by atoms with Crippen molar-refractivity contribution in [3.05, 3.63) is 5.69 Å². The summed E-state index contributed by atoms with van der Waals surface area (Å²) in [5, 5.41) is 8.51. The van der Waals surface area contributed by atoms with Crippen LogP contribution < -0.4 is 5.32 Å². The lowest BCUT2D eigenvalue weighted by atomic mass is 10.1. The van der Waals surface area contributed by atoms with Crippen molar-refractivity contribution in [1.82, 2.24) is 14.5 Å². The third-order valence-electron chi connectivity index (χ3n) is 3.35. The molecule has 5 nitrogen and oxygen atoms in total. The van der Waals surface area contributed by atoms with E-state index in [4.69, 9.17) is 0 Å². The van der Waals surface area contributed by atoms with Crippen LogP contribution in [0.25, 0.3) is 0 Å². The summed E-state index contributed by atoms with van der Waals surface area (Å²) in [7, 11) is 0. The summed E-state index contributed by atoms with van der Waals surface area (Å²) in [6.07, 6.45) is 6.27. The Hall–Kier alpha value is -1.17. The molecule has 1 amide bonds. The molecule has 0 saturated carbocycles. The zero-order valence-electron chi connectivity index (χ0n) is 11.5. The maximum atomic E-state index is 12.1. The van der Waals surface area contributed by atoms with E-state index in [1.807, 2.05) is 4.90 Å². The lowest BCUT2D eigenvalue weighted by Gasteiger charge is -2.24. The number of nitrogens with zero attached hydrogens (tertiary/aromatic N) is 3. The van der Waals surface area contributed by atoms with Crippen LogP contribution in [0, 0.1) is 0 Å². The summed E-state index contributed by atoms with van der Waals surface area (Å²) in [5.74, 6) is 0.258. The highest BCUT2D eigenvalue weighted by Crippen LogP contribution is 2.21. The topological polar surface area (TPSA) is 58.1 Å². The van der Waals surface area contributed by atoms with Crippen molar-refractivity contribution in [2.75, 3.05) is 18.4 Å². The molecular formula is C13H22N4OS. The summed E-state index contributed by atoms with van der Waals surface area (Å²) < 4.78 is 4.00. The lowest BCUT2D eigenvalue weighted by Crippen LogP contribution is -2.32. The van der Waals surface area contributed by atoms with Crippen molar-refractivity contribution in [2.45, 2.75) is 52.0 Å². The van der Waals surface area contributed by atoms with E-state index in [2.05, 4.69) is 21.8 Å². The number of rotatable bonds is 5. The van der Waals surface area contributed by atoms with Crippen LogP contribution in [0.5, 0.6) is 0 Å². The Balaban J connectivity index is 1.97. The highest BCUT2D eigenvalue weighted by atomic mass is 32.1. The fourth-order valence-corrected chi connectivity index (χ4v) is 2.85. The minimum atomic E-state index is 0.258. The lowest BCUT2D eigenvalue weighted by molar-refractivity contribution is -0.132. The van der Waals surface area contributed by atoms with E-state index >= 15 is 0 Å². The Bertz CT molecular complexity index is 407. The molecule has 0 radical (unpaired) electrons. The number of carbonyl (C=O) groups excluding carboxylic acids is 1. The maximum absolute atomic E-state index is 12.1. The monoisotopic (exact) mass is 282 g/mol. The van der Waals surface area contributed by atoms with Gasteiger partial charge in [0.2, 0.25) is 5.91 Å². The van der Waals surface area contributed by atoms with Gasteiger partial charge in [-0.2, -0.15) is 0 Å². The second kappa shape index (κ2) is 7.43. The van der Waals surface area contributed by atoms with E-state index in [1.54, 1.807) is 0 Å². The first-order chi connectivity index (χ1) is 9.31. The van der Waals surface area contributed by atoms with E-state index in [0.717, 1.165) is 43.0 Å². The molecular weight excluding hydrogens is 260 g/mol. The second-order valence-electron chi connectivity index (χ2n) is 4.96. The number of hydrogen-bond acceptors (Lipinski definition) is 5. The van der Waals surface area contributed by atoms with Gasteiger partial charge in [0.15, 0.2) is 0 Å². The predicted molar refractivity (Wildman–Crippen MR) is 77.2 cm³/mol. The molecule has 0 spiro atoms. The summed E-state index contributed by atoms with van der Waals surface area (Å²) in [5.41, 5.74) is 0.910. The average Bonchev–Trinajstić information content (AvgIpc) is 2.83. The number of hydrogen-bond donors (Lipinski definition) is 1. The normalized spacial score (nSPS) is 17.1. The average molecular weight is 282 g/mol. The molecule has 0 aliphatic carbocycles. The van der Waals surface area contributed by atoms with Crippen LogP contribution in [-0.2, 0) is 11.3 Å². The Labute approximate surface area is 118 Å². The number of amides is 1. The third-order valence-corrected chi connectivity index (χ3v) is 4.08. The van der Waals surface area contributed by atoms with Crippen LogP contribution in [-0.4, -0.2) is 33.5 Å². The number of likely N-dealkylation sites (tertiary alicyclic amines) is 1. The van der Waals surface area contributed by atoms with Gasteiger partial charge in [-0.15, -0.1) is 5.10 Å². The van der Waals surface area contributed by atoms with Gasteiger partial charge in [0, 0.05) is 31.0 Å². The zero-order valence-corrected chi connectivity index (χ0v) is 12.3. The molecule has 0 aromatic carbocycles. The van der Waals surface area contributed by atoms with Crippen LogP contribution in [0.3, 0.4) is 0 Å². The van der Waals surface area contributed by atoms with Gasteiger partial charge in [0.1, 0.15) is 10.7 Å². The number of aromatic nitrogens is 2. The first-order valence-electron chi connectivity index (χ1n) is 7.14. The molecule has 2 heterocycles. The van der Waals surface area contributed by atoms with Gasteiger partial charge in [0.25, 0.3) is 0 Å². The van der Waals surface area contributed by atoms with Gasteiger partial charge >= 0.3 is 0 Å². The summed E-state index contributed by atoms with van der Waals surface area (Å²) in [4.78, 5) is 14.0. The second-order valence-corrected chi connectivity index (χ2v) is 5.71. The molecule has 1 aromatic rings. The van der Waals surface area contributed by atoms with E-state index in [1.165, 1.54) is 24.4 Å². The smallest absolute Gasteiger partial charge is 0.222 e. The van der Waals surface area contributed by atoms with Gasteiger partial charge in [0.05, 0.1) is 6.54 Å². The van der Waals surface area contributed by atoms with E-state index in [0.29, 0.717) is 13.0 Å². The molecule has 1 N–H and O–H groups in total. The van der Waals surface area contributed by atoms with Gasteiger partial charge < -0.3 is 10.2 Å². The Kier molecular flexibility index (Phi) is 5.57. The Morgan fingerprint density at radius 3 is 3.00 bits per heavy atom. The van der Waals surface area contributed by atoms with E-state index < -0.39 is 0 Å². The quantitative estimate of drug-likeness (QED) is 0.902. The van der Waals surface area contributed by atoms with Crippen LogP contribution in [0.15, 0.2) is 0 Å². The summed E-state index contributed by atoms with van der Waals surface area (Å²) >= 11 is 1.38. The number of anilines is 1. The molecule has 2 rings (SSSR count). The van der Waals surface area contributed by atoms with Crippen LogP contribution >= 0.6 is 11.5 Å². The highest BCUT2D eigenvalue weighted by molar-refractivity contribution is 7.10. The molecule has 1 aliphatic rings. The molecule has 0 bridgehead atoms. The van der Waals surface area contributed by atoms with Crippen molar-refractivity contribution in [1.29, 1.82) is 0 Å². The minimum Gasteiger partial charge on any atom is -0.374 e. The summed E-state index contributed by atoms with van der Waals surface area (Å²) in [6.45, 7) is 4.50. The minimum absolute atomic E-state index is 0.258. The van der Waals surface area contributed by atoms with Gasteiger partial charge in [-0.25, -0.2) is 0 Å². The molecule has 106 valence electrons. The van der Waals surface area contributed by atoms with Crippen molar-refractivity contribution in [2.24, 2.45) is 0 Å². The van der Waals surface area contributed by atoms with Crippen molar-refractivity contribution >= 4 is 22.4 Å². The fraction of sp³-hybridized carbons (Fsp3) is 0.769. The summed E-state index contributed by atoms with van der Waals surface area (Å²) in [6, 6.07) is 0.